The third kappa shape index (κ3) is 30.9. The molecule has 0 saturated heterocycles. The SMILES string of the molecule is CC/C=C\C/C=C\C/C=C\C/C=C\CCCCCCCCCOCC(COP(=O)(O)OC1C(O)C(O)C(O)C(O)C1O)OC(=O)CCCCCCCCCCCCCCCC. The first kappa shape index (κ1) is 57.3. The molecule has 1 aliphatic rings. The van der Waals surface area contributed by atoms with Crippen molar-refractivity contribution in [2.45, 2.75) is 230 Å². The van der Waals surface area contributed by atoms with Crippen LogP contribution in [0.5, 0.6) is 0 Å². The molecule has 0 bridgehead atoms. The van der Waals surface area contributed by atoms with Crippen molar-refractivity contribution in [3.63, 3.8) is 0 Å². The van der Waals surface area contributed by atoms with Crippen LogP contribution in [-0.2, 0) is 27.9 Å². The van der Waals surface area contributed by atoms with Gasteiger partial charge in [0.05, 0.1) is 13.2 Å². The van der Waals surface area contributed by atoms with E-state index in [1.807, 2.05) is 0 Å². The quantitative estimate of drug-likeness (QED) is 0.0148. The number of aliphatic hydroxyl groups is 5. The van der Waals surface area contributed by atoms with Gasteiger partial charge in [-0.2, -0.15) is 0 Å². The Kier molecular flexibility index (Phi) is 36.4. The number of esters is 1. The smallest absolute Gasteiger partial charge is 0.457 e. The molecule has 0 radical (unpaired) electrons. The van der Waals surface area contributed by atoms with E-state index in [0.717, 1.165) is 77.0 Å². The molecule has 0 aliphatic heterocycles. The zero-order valence-corrected chi connectivity index (χ0v) is 38.8. The maximum absolute atomic E-state index is 12.8. The molecule has 0 amide bonds. The summed E-state index contributed by atoms with van der Waals surface area (Å²) in [7, 11) is -5.02. The van der Waals surface area contributed by atoms with Crippen LogP contribution in [0.1, 0.15) is 187 Å². The molecular weight excluding hydrogens is 799 g/mol. The van der Waals surface area contributed by atoms with Crippen LogP contribution in [-0.4, -0.2) is 98.9 Å². The first-order valence-corrected chi connectivity index (χ1v) is 25.5. The molecule has 356 valence electrons. The fraction of sp³-hybridized carbons (Fsp3) is 0.812. The predicted molar refractivity (Wildman–Crippen MR) is 244 cm³/mol. The summed E-state index contributed by atoms with van der Waals surface area (Å²) in [5, 5.41) is 50.2. The van der Waals surface area contributed by atoms with Crippen molar-refractivity contribution in [2.75, 3.05) is 19.8 Å². The standard InChI is InChI=1S/C48H87O12P/c1-3-5-7-9-11-13-15-17-19-20-21-22-23-24-26-28-30-32-34-36-38-57-39-41(40-58-61(55,56)60-48-46(53)44(51)43(50)45(52)47(48)54)59-42(49)37-35-33-31-29-27-25-18-16-14-12-10-8-6-4-2/h5,7,11,13,17,19,21-22,41,43-48,50-54H,3-4,6,8-10,12,14-16,18,20,23-40H2,1-2H3,(H,55,56)/b7-5-,13-11-,19-17-,22-21-. The van der Waals surface area contributed by atoms with Gasteiger partial charge >= 0.3 is 13.8 Å². The summed E-state index contributed by atoms with van der Waals surface area (Å²) in [6.45, 7) is 4.13. The van der Waals surface area contributed by atoms with E-state index >= 15 is 0 Å². The Morgan fingerprint density at radius 3 is 1.48 bits per heavy atom. The summed E-state index contributed by atoms with van der Waals surface area (Å²) < 4.78 is 34.2. The van der Waals surface area contributed by atoms with Crippen molar-refractivity contribution >= 4 is 13.8 Å². The van der Waals surface area contributed by atoms with Crippen LogP contribution in [0.2, 0.25) is 0 Å². The molecule has 1 aliphatic carbocycles. The van der Waals surface area contributed by atoms with Crippen molar-refractivity contribution in [1.82, 2.24) is 0 Å². The van der Waals surface area contributed by atoms with Crippen LogP contribution in [0.25, 0.3) is 0 Å². The number of carbonyl (C=O) groups is 1. The molecule has 6 unspecified atom stereocenters. The van der Waals surface area contributed by atoms with Gasteiger partial charge in [0.1, 0.15) is 42.7 Å². The van der Waals surface area contributed by atoms with Gasteiger partial charge in [0.2, 0.25) is 0 Å². The van der Waals surface area contributed by atoms with Crippen LogP contribution in [0.4, 0.5) is 0 Å². The van der Waals surface area contributed by atoms with E-state index in [0.29, 0.717) is 13.0 Å². The molecule has 1 saturated carbocycles. The number of aliphatic hydroxyl groups excluding tert-OH is 5. The van der Waals surface area contributed by atoms with Gasteiger partial charge in [0, 0.05) is 13.0 Å². The van der Waals surface area contributed by atoms with E-state index in [4.69, 9.17) is 18.5 Å². The lowest BCUT2D eigenvalue weighted by Gasteiger charge is -2.41. The minimum Gasteiger partial charge on any atom is -0.457 e. The number of allylic oxidation sites excluding steroid dienone is 8. The zero-order chi connectivity index (χ0) is 44.8. The number of carbonyl (C=O) groups excluding carboxylic acids is 1. The summed E-state index contributed by atoms with van der Waals surface area (Å²) in [5.41, 5.74) is 0. The van der Waals surface area contributed by atoms with E-state index in [1.54, 1.807) is 0 Å². The average molecular weight is 887 g/mol. The van der Waals surface area contributed by atoms with Crippen molar-refractivity contribution < 1.29 is 58.3 Å². The number of phosphoric acid groups is 1. The van der Waals surface area contributed by atoms with Crippen molar-refractivity contribution in [3.05, 3.63) is 48.6 Å². The summed E-state index contributed by atoms with van der Waals surface area (Å²) >= 11 is 0. The van der Waals surface area contributed by atoms with Crippen LogP contribution in [0.3, 0.4) is 0 Å². The van der Waals surface area contributed by atoms with Crippen molar-refractivity contribution in [2.24, 2.45) is 0 Å². The van der Waals surface area contributed by atoms with E-state index in [2.05, 4.69) is 62.5 Å². The Hall–Kier alpha value is -1.70. The van der Waals surface area contributed by atoms with E-state index in [9.17, 15) is 39.8 Å². The minimum atomic E-state index is -5.02. The van der Waals surface area contributed by atoms with Gasteiger partial charge in [-0.1, -0.05) is 178 Å². The molecular formula is C48H87O12P. The molecule has 13 heteroatoms. The number of phosphoric ester groups is 1. The second kappa shape index (κ2) is 38.7. The van der Waals surface area contributed by atoms with Gasteiger partial charge in [-0.15, -0.1) is 0 Å². The van der Waals surface area contributed by atoms with Gasteiger partial charge in [-0.25, -0.2) is 4.57 Å². The van der Waals surface area contributed by atoms with Gasteiger partial charge in [-0.3, -0.25) is 13.8 Å². The van der Waals surface area contributed by atoms with Crippen molar-refractivity contribution in [3.8, 4) is 0 Å². The molecule has 0 aromatic rings. The fourth-order valence-electron chi connectivity index (χ4n) is 7.17. The second-order valence-electron chi connectivity index (χ2n) is 16.6. The third-order valence-corrected chi connectivity index (χ3v) is 12.0. The molecule has 12 nitrogen and oxygen atoms in total. The molecule has 0 aromatic heterocycles. The highest BCUT2D eigenvalue weighted by Gasteiger charge is 2.51. The first-order chi connectivity index (χ1) is 29.5. The monoisotopic (exact) mass is 887 g/mol. The van der Waals surface area contributed by atoms with Crippen molar-refractivity contribution in [1.29, 1.82) is 0 Å². The molecule has 0 heterocycles. The van der Waals surface area contributed by atoms with Crippen LogP contribution in [0.15, 0.2) is 48.6 Å². The van der Waals surface area contributed by atoms with Crippen LogP contribution >= 0.6 is 7.82 Å². The number of ether oxygens (including phenoxy) is 2. The van der Waals surface area contributed by atoms with E-state index < -0.39 is 63.1 Å². The molecule has 1 fully saturated rings. The Bertz CT molecular complexity index is 1190. The Labute approximate surface area is 369 Å². The Balaban J connectivity index is 2.37. The Morgan fingerprint density at radius 2 is 0.967 bits per heavy atom. The highest BCUT2D eigenvalue weighted by atomic mass is 31.2. The van der Waals surface area contributed by atoms with Gasteiger partial charge in [0.15, 0.2) is 0 Å². The summed E-state index contributed by atoms with van der Waals surface area (Å²) in [6.07, 6.45) is 34.6. The number of unbranched alkanes of at least 4 members (excludes halogenated alkanes) is 20. The highest BCUT2D eigenvalue weighted by Crippen LogP contribution is 2.47. The summed E-state index contributed by atoms with van der Waals surface area (Å²) in [4.78, 5) is 23.2. The lowest BCUT2D eigenvalue weighted by Crippen LogP contribution is -2.64. The number of hydrogen-bond acceptors (Lipinski definition) is 11. The largest absolute Gasteiger partial charge is 0.472 e. The average Bonchev–Trinajstić information content (AvgIpc) is 3.24. The predicted octanol–water partition coefficient (Wildman–Crippen LogP) is 10.0. The molecule has 1 rings (SSSR count). The van der Waals surface area contributed by atoms with Crippen LogP contribution in [0, 0.1) is 0 Å². The molecule has 61 heavy (non-hydrogen) atoms. The van der Waals surface area contributed by atoms with Crippen LogP contribution < -0.4 is 0 Å². The first-order valence-electron chi connectivity index (χ1n) is 24.0. The molecule has 0 spiro atoms. The molecule has 0 aromatic carbocycles. The zero-order valence-electron chi connectivity index (χ0n) is 38.0. The molecule has 6 N–H and O–H groups in total. The number of rotatable bonds is 40. The summed E-state index contributed by atoms with van der Waals surface area (Å²) in [5.74, 6) is -0.481. The third-order valence-electron chi connectivity index (χ3n) is 11.0. The summed E-state index contributed by atoms with van der Waals surface area (Å²) in [6, 6.07) is 0. The maximum atomic E-state index is 12.8. The second-order valence-corrected chi connectivity index (χ2v) is 18.0. The van der Waals surface area contributed by atoms with Gasteiger partial charge in [-0.05, 0) is 51.4 Å². The normalized spacial score (nSPS) is 22.6. The molecule has 6 atom stereocenters. The van der Waals surface area contributed by atoms with Gasteiger partial charge in [0.25, 0.3) is 0 Å². The number of hydrogen-bond donors (Lipinski definition) is 6. The highest BCUT2D eigenvalue weighted by molar-refractivity contribution is 7.47. The van der Waals surface area contributed by atoms with E-state index in [-0.39, 0.29) is 13.0 Å². The fourth-order valence-corrected chi connectivity index (χ4v) is 8.14. The topological polar surface area (TPSA) is 192 Å². The maximum Gasteiger partial charge on any atom is 0.472 e. The lowest BCUT2D eigenvalue weighted by molar-refractivity contribution is -0.220. The van der Waals surface area contributed by atoms with Gasteiger partial charge < -0.3 is 39.9 Å². The van der Waals surface area contributed by atoms with E-state index in [1.165, 1.54) is 83.5 Å². The minimum absolute atomic E-state index is 0.0833. The Morgan fingerprint density at radius 1 is 0.541 bits per heavy atom. The lowest BCUT2D eigenvalue weighted by atomic mass is 9.85.